The van der Waals surface area contributed by atoms with Gasteiger partial charge in [0.15, 0.2) is 0 Å². The van der Waals surface area contributed by atoms with E-state index < -0.39 is 10.0 Å². The van der Waals surface area contributed by atoms with Gasteiger partial charge in [0, 0.05) is 28.8 Å². The first kappa shape index (κ1) is 20.4. The predicted molar refractivity (Wildman–Crippen MR) is 102 cm³/mol. The fourth-order valence-electron chi connectivity index (χ4n) is 2.11. The second-order valence-corrected chi connectivity index (χ2v) is 8.78. The van der Waals surface area contributed by atoms with Gasteiger partial charge in [0.1, 0.15) is 5.82 Å². The highest BCUT2D eigenvalue weighted by Gasteiger charge is 2.15. The fourth-order valence-corrected chi connectivity index (χ4v) is 4.21. The zero-order valence-electron chi connectivity index (χ0n) is 14.5. The molecule has 0 atom stereocenters. The van der Waals surface area contributed by atoms with Crippen molar-refractivity contribution < 1.29 is 17.6 Å². The number of sulfonamides is 1. The maximum Gasteiger partial charge on any atom is 0.240 e. The van der Waals surface area contributed by atoms with Gasteiger partial charge in [-0.2, -0.15) is 0 Å². The highest BCUT2D eigenvalue weighted by molar-refractivity contribution is 7.99. The average Bonchev–Trinajstić information content (AvgIpc) is 2.56. The van der Waals surface area contributed by atoms with Crippen molar-refractivity contribution >= 4 is 33.4 Å². The number of halogens is 1. The van der Waals surface area contributed by atoms with E-state index in [1.807, 2.05) is 0 Å². The van der Waals surface area contributed by atoms with E-state index in [1.54, 1.807) is 38.1 Å². The van der Waals surface area contributed by atoms with Gasteiger partial charge in [0.2, 0.25) is 15.9 Å². The van der Waals surface area contributed by atoms with Gasteiger partial charge < -0.3 is 5.32 Å². The molecule has 0 heterocycles. The molecule has 2 aromatic rings. The zero-order valence-corrected chi connectivity index (χ0v) is 16.2. The number of carbonyl (C=O) groups excluding carboxylic acids is 1. The third-order valence-corrected chi connectivity index (χ3v) is 5.94. The van der Waals surface area contributed by atoms with Gasteiger partial charge in [-0.15, -0.1) is 11.8 Å². The third-order valence-electron chi connectivity index (χ3n) is 3.25. The summed E-state index contributed by atoms with van der Waals surface area (Å²) >= 11 is 1.46. The molecule has 0 saturated carbocycles. The minimum Gasteiger partial charge on any atom is -0.326 e. The predicted octanol–water partition coefficient (Wildman–Crippen LogP) is 3.63. The van der Waals surface area contributed by atoms with Gasteiger partial charge in [0.25, 0.3) is 0 Å². The van der Waals surface area contributed by atoms with Crippen LogP contribution >= 0.6 is 11.8 Å². The van der Waals surface area contributed by atoms with E-state index in [4.69, 9.17) is 0 Å². The fraction of sp³-hybridized carbons (Fsp3) is 0.278. The second-order valence-electron chi connectivity index (χ2n) is 5.90. The molecule has 140 valence electrons. The van der Waals surface area contributed by atoms with Gasteiger partial charge in [0.05, 0.1) is 4.90 Å². The standard InChI is InChI=1S/C18H21FN2O3S2/c1-13(2)21-26(23,24)17-9-5-15(6-10-17)20-18(22)11-12-25-16-7-3-14(19)4-8-16/h3-10,13,21H,11-12H2,1-2H3,(H,20,22). The molecule has 2 rings (SSSR count). The maximum atomic E-state index is 12.8. The van der Waals surface area contributed by atoms with Crippen LogP contribution in [0, 0.1) is 5.82 Å². The van der Waals surface area contributed by atoms with Crippen molar-refractivity contribution in [3.05, 3.63) is 54.3 Å². The van der Waals surface area contributed by atoms with Crippen molar-refractivity contribution in [2.24, 2.45) is 0 Å². The van der Waals surface area contributed by atoms with Gasteiger partial charge in [-0.25, -0.2) is 17.5 Å². The molecule has 1 amide bonds. The molecular formula is C18H21FN2O3S2. The van der Waals surface area contributed by atoms with Crippen LogP contribution < -0.4 is 10.0 Å². The number of rotatable bonds is 8. The third kappa shape index (κ3) is 6.44. The molecule has 0 aromatic heterocycles. The topological polar surface area (TPSA) is 75.3 Å². The Bertz CT molecular complexity index is 836. The van der Waals surface area contributed by atoms with E-state index in [-0.39, 0.29) is 29.1 Å². The van der Waals surface area contributed by atoms with Crippen LogP contribution in [0.1, 0.15) is 20.3 Å². The zero-order chi connectivity index (χ0) is 19.2. The summed E-state index contributed by atoms with van der Waals surface area (Å²) in [5.74, 6) is 0.0964. The van der Waals surface area contributed by atoms with Crippen LogP contribution in [0.15, 0.2) is 58.3 Å². The van der Waals surface area contributed by atoms with Crippen molar-refractivity contribution in [1.29, 1.82) is 0 Å². The van der Waals surface area contributed by atoms with Crippen LogP contribution in [0.5, 0.6) is 0 Å². The van der Waals surface area contributed by atoms with Crippen molar-refractivity contribution in [1.82, 2.24) is 4.72 Å². The number of amides is 1. The van der Waals surface area contributed by atoms with Gasteiger partial charge in [-0.3, -0.25) is 4.79 Å². The monoisotopic (exact) mass is 396 g/mol. The largest absolute Gasteiger partial charge is 0.326 e. The Morgan fingerprint density at radius 1 is 1.08 bits per heavy atom. The summed E-state index contributed by atoms with van der Waals surface area (Å²) in [6, 6.07) is 11.9. The van der Waals surface area contributed by atoms with E-state index in [2.05, 4.69) is 10.0 Å². The van der Waals surface area contributed by atoms with E-state index in [0.29, 0.717) is 11.4 Å². The molecule has 0 fully saturated rings. The van der Waals surface area contributed by atoms with Crippen molar-refractivity contribution in [3.63, 3.8) is 0 Å². The highest BCUT2D eigenvalue weighted by Crippen LogP contribution is 2.19. The van der Waals surface area contributed by atoms with E-state index in [9.17, 15) is 17.6 Å². The summed E-state index contributed by atoms with van der Waals surface area (Å²) in [5.41, 5.74) is 0.533. The molecule has 0 bridgehead atoms. The van der Waals surface area contributed by atoms with Crippen LogP contribution in [0.3, 0.4) is 0 Å². The summed E-state index contributed by atoms with van der Waals surface area (Å²) in [4.78, 5) is 13.0. The molecule has 2 N–H and O–H groups in total. The summed E-state index contributed by atoms with van der Waals surface area (Å²) in [6.07, 6.45) is 0.289. The smallest absolute Gasteiger partial charge is 0.240 e. The normalized spacial score (nSPS) is 11.5. The Hall–Kier alpha value is -1.90. The molecule has 5 nitrogen and oxygen atoms in total. The molecule has 0 aliphatic rings. The van der Waals surface area contributed by atoms with Crippen molar-refractivity contribution in [2.75, 3.05) is 11.1 Å². The van der Waals surface area contributed by atoms with Gasteiger partial charge >= 0.3 is 0 Å². The van der Waals surface area contributed by atoms with Gasteiger partial charge in [-0.05, 0) is 62.4 Å². The molecule has 0 aliphatic heterocycles. The molecule has 0 saturated heterocycles. The first-order valence-electron chi connectivity index (χ1n) is 8.07. The summed E-state index contributed by atoms with van der Waals surface area (Å²) in [7, 11) is -3.55. The molecule has 0 spiro atoms. The van der Waals surface area contributed by atoms with Crippen LogP contribution in [-0.2, 0) is 14.8 Å². The van der Waals surface area contributed by atoms with Crippen LogP contribution in [0.4, 0.5) is 10.1 Å². The van der Waals surface area contributed by atoms with E-state index >= 15 is 0 Å². The van der Waals surface area contributed by atoms with Crippen LogP contribution in [0.25, 0.3) is 0 Å². The first-order valence-corrected chi connectivity index (χ1v) is 10.5. The highest BCUT2D eigenvalue weighted by atomic mass is 32.2. The minimum atomic E-state index is -3.55. The maximum absolute atomic E-state index is 12.8. The van der Waals surface area contributed by atoms with Crippen LogP contribution in [-0.4, -0.2) is 26.1 Å². The van der Waals surface area contributed by atoms with E-state index in [0.717, 1.165) is 4.90 Å². The number of hydrogen-bond donors (Lipinski definition) is 2. The molecule has 26 heavy (non-hydrogen) atoms. The molecule has 8 heteroatoms. The Morgan fingerprint density at radius 2 is 1.69 bits per heavy atom. The Balaban J connectivity index is 1.84. The first-order chi connectivity index (χ1) is 12.3. The summed E-state index contributed by atoms with van der Waals surface area (Å²) in [6.45, 7) is 3.49. The van der Waals surface area contributed by atoms with E-state index in [1.165, 1.54) is 36.0 Å². The van der Waals surface area contributed by atoms with Crippen molar-refractivity contribution in [2.45, 2.75) is 36.1 Å². The minimum absolute atomic E-state index is 0.149. The Kier molecular flexibility index (Phi) is 7.19. The summed E-state index contributed by atoms with van der Waals surface area (Å²) < 4.78 is 39.4. The average molecular weight is 397 g/mol. The number of anilines is 1. The SMILES string of the molecule is CC(C)NS(=O)(=O)c1ccc(NC(=O)CCSc2ccc(F)cc2)cc1. The number of carbonyl (C=O) groups is 1. The number of thioether (sulfide) groups is 1. The lowest BCUT2D eigenvalue weighted by atomic mass is 10.3. The quantitative estimate of drug-likeness (QED) is 0.668. The second kappa shape index (κ2) is 9.16. The molecular weight excluding hydrogens is 375 g/mol. The number of hydrogen-bond acceptors (Lipinski definition) is 4. The number of benzene rings is 2. The number of nitrogens with one attached hydrogen (secondary N) is 2. The van der Waals surface area contributed by atoms with Gasteiger partial charge in [-0.1, -0.05) is 0 Å². The van der Waals surface area contributed by atoms with Crippen LogP contribution in [0.2, 0.25) is 0 Å². The lowest BCUT2D eigenvalue weighted by molar-refractivity contribution is -0.115. The molecule has 2 aromatic carbocycles. The summed E-state index contributed by atoms with van der Waals surface area (Å²) in [5, 5.41) is 2.73. The molecule has 0 radical (unpaired) electrons. The van der Waals surface area contributed by atoms with Crippen molar-refractivity contribution in [3.8, 4) is 0 Å². The molecule has 0 unspecified atom stereocenters. The lowest BCUT2D eigenvalue weighted by Crippen LogP contribution is -2.30. The Labute approximate surface area is 157 Å². The molecule has 0 aliphatic carbocycles. The Morgan fingerprint density at radius 3 is 2.27 bits per heavy atom. The lowest BCUT2D eigenvalue weighted by Gasteiger charge is -2.10.